The molecule has 0 aromatic heterocycles. The zero-order valence-corrected chi connectivity index (χ0v) is 10.5. The topological polar surface area (TPSA) is 52.6 Å². The Hall–Kier alpha value is -0.840. The summed E-state index contributed by atoms with van der Waals surface area (Å²) in [5.41, 5.74) is -0.0328. The number of alkyl halides is 1. The number of allylic oxidation sites excluding steroid dienone is 1. The lowest BCUT2D eigenvalue weighted by Crippen LogP contribution is -2.15. The van der Waals surface area contributed by atoms with E-state index < -0.39 is 11.9 Å². The van der Waals surface area contributed by atoms with Crippen LogP contribution in [0.15, 0.2) is 11.6 Å². The van der Waals surface area contributed by atoms with E-state index in [0.29, 0.717) is 6.42 Å². The fraction of sp³-hybridized carbons (Fsp3) is 0.600. The van der Waals surface area contributed by atoms with Gasteiger partial charge in [-0.05, 0) is 19.3 Å². The van der Waals surface area contributed by atoms with Gasteiger partial charge in [0.2, 0.25) is 0 Å². The number of esters is 2. The van der Waals surface area contributed by atoms with Crippen molar-refractivity contribution in [2.45, 2.75) is 19.3 Å². The lowest BCUT2D eigenvalue weighted by Gasteiger charge is -2.02. The molecule has 0 aliphatic rings. The molecule has 0 bridgehead atoms. The highest BCUT2D eigenvalue weighted by molar-refractivity contribution is 9.09. The standard InChI is InChI=1S/C10H15BrO4/c1-14-9(12)8(10(13)15-2)6-4-3-5-7-11/h6H,3-5,7H2,1-2H3. The zero-order valence-electron chi connectivity index (χ0n) is 8.92. The van der Waals surface area contributed by atoms with E-state index in [1.165, 1.54) is 14.2 Å². The van der Waals surface area contributed by atoms with Crippen LogP contribution >= 0.6 is 15.9 Å². The Morgan fingerprint density at radius 3 is 2.07 bits per heavy atom. The monoisotopic (exact) mass is 278 g/mol. The third-order valence-electron chi connectivity index (χ3n) is 1.75. The predicted molar refractivity (Wildman–Crippen MR) is 59.8 cm³/mol. The summed E-state index contributed by atoms with van der Waals surface area (Å²) in [6, 6.07) is 0. The van der Waals surface area contributed by atoms with Gasteiger partial charge in [0.25, 0.3) is 0 Å². The van der Waals surface area contributed by atoms with Crippen LogP contribution in [0.2, 0.25) is 0 Å². The Morgan fingerprint density at radius 2 is 1.67 bits per heavy atom. The SMILES string of the molecule is COC(=O)C(=CCCCCBr)C(=O)OC. The summed E-state index contributed by atoms with van der Waals surface area (Å²) in [6.45, 7) is 0. The van der Waals surface area contributed by atoms with Gasteiger partial charge in [-0.2, -0.15) is 0 Å². The lowest BCUT2D eigenvalue weighted by molar-refractivity contribution is -0.144. The molecule has 0 N–H and O–H groups in total. The molecular formula is C10H15BrO4. The van der Waals surface area contributed by atoms with E-state index in [1.54, 1.807) is 6.08 Å². The van der Waals surface area contributed by atoms with Crippen LogP contribution in [0.25, 0.3) is 0 Å². The van der Waals surface area contributed by atoms with Crippen LogP contribution in [-0.2, 0) is 19.1 Å². The summed E-state index contributed by atoms with van der Waals surface area (Å²) in [5.74, 6) is -1.30. The highest BCUT2D eigenvalue weighted by Crippen LogP contribution is 2.06. The minimum Gasteiger partial charge on any atom is -0.465 e. The van der Waals surface area contributed by atoms with Crippen LogP contribution < -0.4 is 0 Å². The number of unbranched alkanes of at least 4 members (excludes halogenated alkanes) is 2. The van der Waals surface area contributed by atoms with E-state index in [0.717, 1.165) is 18.2 Å². The molecule has 0 aliphatic heterocycles. The molecule has 0 heterocycles. The summed E-state index contributed by atoms with van der Waals surface area (Å²) in [7, 11) is 2.47. The van der Waals surface area contributed by atoms with Crippen LogP contribution in [0.1, 0.15) is 19.3 Å². The summed E-state index contributed by atoms with van der Waals surface area (Å²) >= 11 is 3.30. The normalized spacial score (nSPS) is 9.27. The maximum atomic E-state index is 11.2. The first-order chi connectivity index (χ1) is 7.17. The minimum atomic E-state index is -0.652. The van der Waals surface area contributed by atoms with Crippen molar-refractivity contribution >= 4 is 27.9 Å². The predicted octanol–water partition coefficient (Wildman–Crippen LogP) is 1.82. The second-order valence-electron chi connectivity index (χ2n) is 2.79. The molecule has 0 aliphatic carbocycles. The van der Waals surface area contributed by atoms with Gasteiger partial charge in [0.15, 0.2) is 0 Å². The fourth-order valence-electron chi connectivity index (χ4n) is 0.955. The number of halogens is 1. The highest BCUT2D eigenvalue weighted by Gasteiger charge is 2.18. The van der Waals surface area contributed by atoms with Gasteiger partial charge in [-0.15, -0.1) is 0 Å². The molecule has 15 heavy (non-hydrogen) atoms. The summed E-state index contributed by atoms with van der Waals surface area (Å²) in [5, 5.41) is 0.909. The molecule has 86 valence electrons. The van der Waals surface area contributed by atoms with Crippen LogP contribution in [0.5, 0.6) is 0 Å². The Kier molecular flexibility index (Phi) is 7.99. The number of methoxy groups -OCH3 is 2. The molecule has 5 heteroatoms. The van der Waals surface area contributed by atoms with Gasteiger partial charge < -0.3 is 9.47 Å². The maximum Gasteiger partial charge on any atom is 0.344 e. The average molecular weight is 279 g/mol. The van der Waals surface area contributed by atoms with Crippen LogP contribution in [-0.4, -0.2) is 31.5 Å². The minimum absolute atomic E-state index is 0.0328. The van der Waals surface area contributed by atoms with Crippen LogP contribution in [0.4, 0.5) is 0 Å². The van der Waals surface area contributed by atoms with Crippen molar-refractivity contribution < 1.29 is 19.1 Å². The van der Waals surface area contributed by atoms with Crippen molar-refractivity contribution in [2.75, 3.05) is 19.5 Å². The van der Waals surface area contributed by atoms with Crippen LogP contribution in [0, 0.1) is 0 Å². The van der Waals surface area contributed by atoms with Gasteiger partial charge in [0.1, 0.15) is 5.57 Å². The quantitative estimate of drug-likeness (QED) is 0.186. The largest absolute Gasteiger partial charge is 0.465 e. The number of hydrogen-bond acceptors (Lipinski definition) is 4. The maximum absolute atomic E-state index is 11.2. The third-order valence-corrected chi connectivity index (χ3v) is 2.31. The van der Waals surface area contributed by atoms with Gasteiger partial charge in [-0.1, -0.05) is 22.0 Å². The van der Waals surface area contributed by atoms with E-state index in [-0.39, 0.29) is 5.57 Å². The van der Waals surface area contributed by atoms with Crippen molar-refractivity contribution in [2.24, 2.45) is 0 Å². The van der Waals surface area contributed by atoms with E-state index >= 15 is 0 Å². The van der Waals surface area contributed by atoms with E-state index in [9.17, 15) is 9.59 Å². The second-order valence-corrected chi connectivity index (χ2v) is 3.58. The van der Waals surface area contributed by atoms with Gasteiger partial charge >= 0.3 is 11.9 Å². The highest BCUT2D eigenvalue weighted by atomic mass is 79.9. The van der Waals surface area contributed by atoms with Crippen molar-refractivity contribution in [3.8, 4) is 0 Å². The van der Waals surface area contributed by atoms with E-state index in [1.807, 2.05) is 0 Å². The Balaban J connectivity index is 4.35. The third kappa shape index (κ3) is 5.57. The number of hydrogen-bond donors (Lipinski definition) is 0. The zero-order chi connectivity index (χ0) is 11.7. The number of rotatable bonds is 6. The number of carbonyl (C=O) groups excluding carboxylic acids is 2. The average Bonchev–Trinajstić information content (AvgIpc) is 2.27. The summed E-state index contributed by atoms with van der Waals surface area (Å²) in [4.78, 5) is 22.4. The van der Waals surface area contributed by atoms with E-state index in [2.05, 4.69) is 25.4 Å². The molecule has 0 amide bonds. The van der Waals surface area contributed by atoms with Crippen molar-refractivity contribution in [1.29, 1.82) is 0 Å². The second kappa shape index (κ2) is 8.47. The first kappa shape index (κ1) is 14.2. The Morgan fingerprint density at radius 1 is 1.13 bits per heavy atom. The molecular weight excluding hydrogens is 264 g/mol. The summed E-state index contributed by atoms with van der Waals surface area (Å²) < 4.78 is 8.95. The number of carbonyl (C=O) groups is 2. The summed E-state index contributed by atoms with van der Waals surface area (Å²) in [6.07, 6.45) is 4.11. The van der Waals surface area contributed by atoms with Gasteiger partial charge in [0, 0.05) is 5.33 Å². The number of ether oxygens (including phenoxy) is 2. The Labute approximate surface area is 97.8 Å². The molecule has 0 atom stereocenters. The molecule has 0 saturated heterocycles. The molecule has 0 spiro atoms. The molecule has 0 unspecified atom stereocenters. The molecule has 0 fully saturated rings. The molecule has 0 aromatic rings. The first-order valence-corrected chi connectivity index (χ1v) is 5.72. The van der Waals surface area contributed by atoms with Gasteiger partial charge in [-0.3, -0.25) is 0 Å². The van der Waals surface area contributed by atoms with E-state index in [4.69, 9.17) is 0 Å². The Bertz CT molecular complexity index is 230. The molecule has 0 rings (SSSR count). The lowest BCUT2D eigenvalue weighted by atomic mass is 10.1. The van der Waals surface area contributed by atoms with Gasteiger partial charge in [0.05, 0.1) is 14.2 Å². The van der Waals surface area contributed by atoms with Crippen molar-refractivity contribution in [3.05, 3.63) is 11.6 Å². The first-order valence-electron chi connectivity index (χ1n) is 4.60. The van der Waals surface area contributed by atoms with Crippen molar-refractivity contribution in [3.63, 3.8) is 0 Å². The molecule has 0 radical (unpaired) electrons. The molecule has 0 aromatic carbocycles. The van der Waals surface area contributed by atoms with Crippen LogP contribution in [0.3, 0.4) is 0 Å². The van der Waals surface area contributed by atoms with Crippen molar-refractivity contribution in [1.82, 2.24) is 0 Å². The fourth-order valence-corrected chi connectivity index (χ4v) is 1.35. The smallest absolute Gasteiger partial charge is 0.344 e. The molecule has 0 saturated carbocycles. The van der Waals surface area contributed by atoms with Gasteiger partial charge in [-0.25, -0.2) is 9.59 Å². The molecule has 4 nitrogen and oxygen atoms in total.